The summed E-state index contributed by atoms with van der Waals surface area (Å²) in [6.07, 6.45) is 1.66. The first kappa shape index (κ1) is 11.6. The summed E-state index contributed by atoms with van der Waals surface area (Å²) in [4.78, 5) is 17.6. The SMILES string of the molecule is Cc1[nH]c2cccc(C)c2c1-c1[nH]ccc1C(=O)O. The number of nitrogens with one attached hydrogen (secondary N) is 2. The minimum absolute atomic E-state index is 0.298. The van der Waals surface area contributed by atoms with E-state index in [-0.39, 0.29) is 0 Å². The van der Waals surface area contributed by atoms with E-state index in [1.165, 1.54) is 0 Å². The van der Waals surface area contributed by atoms with Gasteiger partial charge in [0.2, 0.25) is 0 Å². The summed E-state index contributed by atoms with van der Waals surface area (Å²) in [7, 11) is 0. The number of hydrogen-bond acceptors (Lipinski definition) is 1. The Kier molecular flexibility index (Phi) is 2.45. The second-order valence-corrected chi connectivity index (χ2v) is 4.69. The van der Waals surface area contributed by atoms with Crippen molar-refractivity contribution in [2.24, 2.45) is 0 Å². The summed E-state index contributed by atoms with van der Waals surface area (Å²) in [5.74, 6) is -0.918. The standard InChI is InChI=1S/C15H14N2O2/c1-8-4-3-5-11-12(8)13(9(2)17-11)14-10(15(18)19)6-7-16-14/h3-7,16-17H,1-2H3,(H,18,19). The van der Waals surface area contributed by atoms with Crippen LogP contribution in [-0.4, -0.2) is 21.0 Å². The number of aryl methyl sites for hydroxylation is 2. The predicted molar refractivity (Wildman–Crippen MR) is 74.5 cm³/mol. The lowest BCUT2D eigenvalue weighted by atomic mass is 10.0. The van der Waals surface area contributed by atoms with Crippen molar-refractivity contribution in [2.75, 3.05) is 0 Å². The Morgan fingerprint density at radius 2 is 2.00 bits per heavy atom. The molecule has 4 nitrogen and oxygen atoms in total. The summed E-state index contributed by atoms with van der Waals surface area (Å²) in [6, 6.07) is 7.61. The van der Waals surface area contributed by atoms with Crippen molar-refractivity contribution in [1.82, 2.24) is 9.97 Å². The van der Waals surface area contributed by atoms with Crippen LogP contribution in [-0.2, 0) is 0 Å². The van der Waals surface area contributed by atoms with Crippen molar-refractivity contribution in [1.29, 1.82) is 0 Å². The minimum atomic E-state index is -0.918. The Morgan fingerprint density at radius 1 is 1.21 bits per heavy atom. The molecule has 96 valence electrons. The molecule has 1 aromatic carbocycles. The molecular formula is C15H14N2O2. The fraction of sp³-hybridized carbons (Fsp3) is 0.133. The molecule has 0 aliphatic heterocycles. The normalized spacial score (nSPS) is 11.1. The van der Waals surface area contributed by atoms with Gasteiger partial charge < -0.3 is 15.1 Å². The molecule has 0 bridgehead atoms. The van der Waals surface area contributed by atoms with Crippen molar-refractivity contribution in [3.63, 3.8) is 0 Å². The van der Waals surface area contributed by atoms with Crippen LogP contribution in [0.2, 0.25) is 0 Å². The quantitative estimate of drug-likeness (QED) is 0.655. The summed E-state index contributed by atoms with van der Waals surface area (Å²) < 4.78 is 0. The average molecular weight is 254 g/mol. The summed E-state index contributed by atoms with van der Waals surface area (Å²) in [5.41, 5.74) is 5.02. The van der Waals surface area contributed by atoms with Gasteiger partial charge >= 0.3 is 5.97 Å². The van der Waals surface area contributed by atoms with Crippen molar-refractivity contribution in [3.05, 3.63) is 47.3 Å². The third-order valence-electron chi connectivity index (χ3n) is 3.45. The molecule has 3 N–H and O–H groups in total. The number of rotatable bonds is 2. The van der Waals surface area contributed by atoms with Crippen molar-refractivity contribution in [3.8, 4) is 11.3 Å². The number of carboxylic acid groups (broad SMARTS) is 1. The molecule has 0 radical (unpaired) electrons. The fourth-order valence-electron chi connectivity index (χ4n) is 2.62. The second kappa shape index (κ2) is 4.02. The van der Waals surface area contributed by atoms with E-state index in [2.05, 4.69) is 9.97 Å². The van der Waals surface area contributed by atoms with E-state index in [9.17, 15) is 9.90 Å². The van der Waals surface area contributed by atoms with E-state index >= 15 is 0 Å². The van der Waals surface area contributed by atoms with Crippen LogP contribution in [0.25, 0.3) is 22.2 Å². The van der Waals surface area contributed by atoms with Crippen LogP contribution in [0, 0.1) is 13.8 Å². The Bertz CT molecular complexity index is 781. The van der Waals surface area contributed by atoms with Gasteiger partial charge in [-0.15, -0.1) is 0 Å². The van der Waals surface area contributed by atoms with Crippen LogP contribution in [0.4, 0.5) is 0 Å². The van der Waals surface area contributed by atoms with E-state index in [4.69, 9.17) is 0 Å². The maximum absolute atomic E-state index is 11.3. The lowest BCUT2D eigenvalue weighted by Gasteiger charge is -2.03. The molecule has 0 amide bonds. The van der Waals surface area contributed by atoms with Crippen LogP contribution in [0.5, 0.6) is 0 Å². The number of hydrogen-bond donors (Lipinski definition) is 3. The van der Waals surface area contributed by atoms with Crippen LogP contribution in [0.1, 0.15) is 21.6 Å². The Balaban J connectivity index is 2.39. The van der Waals surface area contributed by atoms with Crippen molar-refractivity contribution < 1.29 is 9.90 Å². The first-order valence-electron chi connectivity index (χ1n) is 6.08. The molecule has 19 heavy (non-hydrogen) atoms. The lowest BCUT2D eigenvalue weighted by molar-refractivity contribution is 0.0698. The molecule has 0 spiro atoms. The molecule has 2 aromatic heterocycles. The zero-order valence-corrected chi connectivity index (χ0v) is 10.7. The molecule has 0 unspecified atom stereocenters. The van der Waals surface area contributed by atoms with Crippen LogP contribution in [0.15, 0.2) is 30.5 Å². The van der Waals surface area contributed by atoms with Crippen LogP contribution < -0.4 is 0 Å². The number of carbonyl (C=O) groups is 1. The highest BCUT2D eigenvalue weighted by Crippen LogP contribution is 2.35. The number of carboxylic acids is 1. The van der Waals surface area contributed by atoms with E-state index in [0.717, 1.165) is 27.7 Å². The molecule has 0 atom stereocenters. The smallest absolute Gasteiger partial charge is 0.337 e. The summed E-state index contributed by atoms with van der Waals surface area (Å²) >= 11 is 0. The third-order valence-corrected chi connectivity index (χ3v) is 3.45. The van der Waals surface area contributed by atoms with E-state index in [1.807, 2.05) is 32.0 Å². The molecule has 0 fully saturated rings. The number of fused-ring (bicyclic) bond motifs is 1. The molecule has 0 saturated heterocycles. The summed E-state index contributed by atoms with van der Waals surface area (Å²) in [5, 5.41) is 10.3. The molecule has 3 aromatic rings. The molecule has 0 aliphatic rings. The zero-order valence-electron chi connectivity index (χ0n) is 10.7. The molecule has 3 rings (SSSR count). The number of aromatic amines is 2. The third kappa shape index (κ3) is 1.64. The predicted octanol–water partition coefficient (Wildman–Crippen LogP) is 3.48. The highest BCUT2D eigenvalue weighted by molar-refractivity contribution is 6.04. The number of H-pyrrole nitrogens is 2. The Labute approximate surface area is 110 Å². The van der Waals surface area contributed by atoms with Gasteiger partial charge in [0.25, 0.3) is 0 Å². The maximum atomic E-state index is 11.3. The van der Waals surface area contributed by atoms with E-state index in [1.54, 1.807) is 12.3 Å². The van der Waals surface area contributed by atoms with Gasteiger partial charge in [0, 0.05) is 28.4 Å². The Morgan fingerprint density at radius 3 is 2.74 bits per heavy atom. The first-order chi connectivity index (χ1) is 9.09. The van der Waals surface area contributed by atoms with Crippen molar-refractivity contribution in [2.45, 2.75) is 13.8 Å². The first-order valence-corrected chi connectivity index (χ1v) is 6.08. The topological polar surface area (TPSA) is 68.9 Å². The van der Waals surface area contributed by atoms with Gasteiger partial charge in [0.1, 0.15) is 0 Å². The average Bonchev–Trinajstić information content (AvgIpc) is 2.92. The van der Waals surface area contributed by atoms with Crippen LogP contribution >= 0.6 is 0 Å². The zero-order chi connectivity index (χ0) is 13.6. The van der Waals surface area contributed by atoms with Crippen molar-refractivity contribution >= 4 is 16.9 Å². The molecule has 4 heteroatoms. The van der Waals surface area contributed by atoms with Gasteiger partial charge in [-0.05, 0) is 31.5 Å². The van der Waals surface area contributed by atoms with Gasteiger partial charge in [-0.25, -0.2) is 4.79 Å². The maximum Gasteiger partial charge on any atom is 0.337 e. The molecule has 0 aliphatic carbocycles. The molecule has 0 saturated carbocycles. The second-order valence-electron chi connectivity index (χ2n) is 4.69. The van der Waals surface area contributed by atoms with E-state index < -0.39 is 5.97 Å². The minimum Gasteiger partial charge on any atom is -0.478 e. The van der Waals surface area contributed by atoms with E-state index in [0.29, 0.717) is 11.3 Å². The summed E-state index contributed by atoms with van der Waals surface area (Å²) in [6.45, 7) is 3.99. The number of benzene rings is 1. The van der Waals surface area contributed by atoms with Gasteiger partial charge in [-0.1, -0.05) is 12.1 Å². The number of aromatic carboxylic acids is 1. The van der Waals surface area contributed by atoms with Gasteiger partial charge in [0.15, 0.2) is 0 Å². The number of aromatic nitrogens is 2. The van der Waals surface area contributed by atoms with Gasteiger partial charge in [0.05, 0.1) is 11.3 Å². The lowest BCUT2D eigenvalue weighted by Crippen LogP contribution is -1.97. The molecule has 2 heterocycles. The monoisotopic (exact) mass is 254 g/mol. The highest BCUT2D eigenvalue weighted by Gasteiger charge is 2.19. The molecular weight excluding hydrogens is 240 g/mol. The highest BCUT2D eigenvalue weighted by atomic mass is 16.4. The largest absolute Gasteiger partial charge is 0.478 e. The van der Waals surface area contributed by atoms with Crippen LogP contribution in [0.3, 0.4) is 0 Å². The fourth-order valence-corrected chi connectivity index (χ4v) is 2.62. The van der Waals surface area contributed by atoms with Gasteiger partial charge in [-0.3, -0.25) is 0 Å². The Hall–Kier alpha value is -2.49. The van der Waals surface area contributed by atoms with Gasteiger partial charge in [-0.2, -0.15) is 0 Å².